The first-order chi connectivity index (χ1) is 32.4. The molecule has 4 N–H and O–H groups in total. The van der Waals surface area contributed by atoms with E-state index in [1.807, 2.05) is 38.9 Å². The lowest BCUT2D eigenvalue weighted by Gasteiger charge is -2.49. The molecule has 5 heterocycles. The number of carbonyl (C=O) groups is 3. The third-order valence-corrected chi connectivity index (χ3v) is 15.3. The molecular weight excluding hydrogens is 897 g/mol. The minimum atomic E-state index is -1.99. The summed E-state index contributed by atoms with van der Waals surface area (Å²) in [4.78, 5) is 42.4. The van der Waals surface area contributed by atoms with E-state index >= 15 is 0 Å². The molecule has 0 saturated carbocycles. The van der Waals surface area contributed by atoms with Crippen molar-refractivity contribution in [2.75, 3.05) is 33.9 Å². The van der Waals surface area contributed by atoms with E-state index in [1.165, 1.54) is 21.0 Å². The second kappa shape index (κ2) is 22.5. The summed E-state index contributed by atoms with van der Waals surface area (Å²) in [5, 5.41) is 55.2. The zero-order valence-electron chi connectivity index (χ0n) is 42.5. The largest absolute Gasteiger partial charge is 0.492 e. The van der Waals surface area contributed by atoms with Crippen LogP contribution in [0.15, 0.2) is 30.5 Å². The fourth-order valence-corrected chi connectivity index (χ4v) is 10.8. The predicted octanol–water partition coefficient (Wildman–Crippen LogP) is 3.29. The zero-order valence-corrected chi connectivity index (χ0v) is 42.5. The first-order valence-corrected chi connectivity index (χ1v) is 24.6. The highest BCUT2D eigenvalue weighted by atomic mass is 16.7. The number of benzene rings is 1. The minimum absolute atomic E-state index is 0.00929. The highest BCUT2D eigenvalue weighted by Crippen LogP contribution is 2.44. The molecule has 4 fully saturated rings. The summed E-state index contributed by atoms with van der Waals surface area (Å²) in [6, 6.07) is 6.60. The number of hydrogen-bond donors (Lipinski definition) is 4. The number of esters is 1. The van der Waals surface area contributed by atoms with E-state index in [4.69, 9.17) is 37.9 Å². The molecule has 0 amide bonds. The van der Waals surface area contributed by atoms with Crippen molar-refractivity contribution in [1.82, 2.24) is 19.9 Å². The van der Waals surface area contributed by atoms with Crippen molar-refractivity contribution < 1.29 is 72.7 Å². The molecule has 0 aliphatic carbocycles. The molecule has 0 spiro atoms. The number of methoxy groups -OCH3 is 1. The maximum absolute atomic E-state index is 14.4. The molecule has 388 valence electrons. The smallest absolute Gasteiger partial charge is 0.311 e. The monoisotopic (exact) mass is 975 g/mol. The average molecular weight is 975 g/mol. The van der Waals surface area contributed by atoms with Gasteiger partial charge in [-0.3, -0.25) is 14.4 Å². The van der Waals surface area contributed by atoms with Crippen molar-refractivity contribution in [2.24, 2.45) is 23.7 Å². The van der Waals surface area contributed by atoms with E-state index in [9.17, 15) is 34.8 Å². The van der Waals surface area contributed by atoms with Crippen LogP contribution in [0.5, 0.6) is 5.75 Å². The van der Waals surface area contributed by atoms with Gasteiger partial charge in [0.15, 0.2) is 18.4 Å². The van der Waals surface area contributed by atoms with Gasteiger partial charge in [-0.05, 0) is 86.9 Å². The summed E-state index contributed by atoms with van der Waals surface area (Å²) in [7, 11) is 3.42. The Morgan fingerprint density at radius 2 is 1.72 bits per heavy atom. The number of aliphatic hydroxyl groups is 4. The zero-order chi connectivity index (χ0) is 50.7. The van der Waals surface area contributed by atoms with E-state index in [0.29, 0.717) is 43.9 Å². The van der Waals surface area contributed by atoms with E-state index in [0.717, 1.165) is 5.69 Å². The second-order valence-corrected chi connectivity index (χ2v) is 20.7. The normalized spacial score (nSPS) is 40.3. The lowest BCUT2D eigenvalue weighted by Crippen LogP contribution is -2.61. The molecule has 19 nitrogen and oxygen atoms in total. The number of Topliss-reactive ketones (excluding diaryl/α,β-unsaturated/α-hetero) is 2. The minimum Gasteiger partial charge on any atom is -0.492 e. The first kappa shape index (κ1) is 54.9. The number of ether oxygens (including phenoxy) is 8. The van der Waals surface area contributed by atoms with Gasteiger partial charge in [0.2, 0.25) is 0 Å². The summed E-state index contributed by atoms with van der Waals surface area (Å²) in [6.45, 7) is 18.1. The lowest BCUT2D eigenvalue weighted by molar-refractivity contribution is -0.317. The van der Waals surface area contributed by atoms with Gasteiger partial charge in [0.05, 0.1) is 66.5 Å². The maximum atomic E-state index is 14.4. The van der Waals surface area contributed by atoms with Gasteiger partial charge in [0.25, 0.3) is 0 Å². The van der Waals surface area contributed by atoms with Crippen molar-refractivity contribution in [1.29, 1.82) is 0 Å². The van der Waals surface area contributed by atoms with Gasteiger partial charge in [0.1, 0.15) is 42.1 Å². The Balaban J connectivity index is 1.24. The molecule has 0 unspecified atom stereocenters. The number of carbonyl (C=O) groups excluding carboxylic acids is 3. The highest BCUT2D eigenvalue weighted by Gasteiger charge is 2.56. The van der Waals surface area contributed by atoms with Crippen LogP contribution in [0.3, 0.4) is 0 Å². The standard InChI is InChI=1S/C50H78N4O15/c1-13-38-50(10,61)43(58)28(3)40(56)34-23-49(9,64-26-34)45(29(4)42(30(5)46(60)67-38)68-39-24-48(8,62-12)44(59)32(7)66-39)69-47-41(57)37(21-27(2)65-47)53(11)18-17-35-25-54(52-51-35)19-20-63-36-16-14-15-33(22-36)31(6)55/h14-16,22,25,27-30,32,34,37-39,41-45,47,57-59,61H,13,17-21,23-24,26H2,1-12H3/t27-,28+,29+,30-,32+,34+,37+,38-,39+,41-,42+,43-,44+,45-,47+,48-,49-,50-/m1/s1. The molecule has 1 aromatic carbocycles. The van der Waals surface area contributed by atoms with Crippen LogP contribution in [0.25, 0.3) is 0 Å². The maximum Gasteiger partial charge on any atom is 0.311 e. The van der Waals surface area contributed by atoms with E-state index in [2.05, 4.69) is 10.3 Å². The Kier molecular flexibility index (Phi) is 17.9. The van der Waals surface area contributed by atoms with Crippen molar-refractivity contribution >= 4 is 17.5 Å². The van der Waals surface area contributed by atoms with Crippen molar-refractivity contribution in [3.63, 3.8) is 0 Å². The number of nitrogens with zero attached hydrogens (tertiary/aromatic N) is 4. The summed E-state index contributed by atoms with van der Waals surface area (Å²) in [5.41, 5.74) is -2.96. The summed E-state index contributed by atoms with van der Waals surface area (Å²) >= 11 is 0. The molecule has 69 heavy (non-hydrogen) atoms. The number of aromatic nitrogens is 3. The molecule has 2 bridgehead atoms. The second-order valence-electron chi connectivity index (χ2n) is 20.7. The van der Waals surface area contributed by atoms with E-state index in [-0.39, 0.29) is 43.5 Å². The van der Waals surface area contributed by atoms with Gasteiger partial charge in [-0.25, -0.2) is 4.68 Å². The number of likely N-dealkylation sites (N-methyl/N-ethyl adjacent to an activating group) is 1. The van der Waals surface area contributed by atoms with Crippen LogP contribution in [-0.2, 0) is 55.7 Å². The third kappa shape index (κ3) is 12.2. The van der Waals surface area contributed by atoms with Gasteiger partial charge in [0, 0.05) is 62.1 Å². The van der Waals surface area contributed by atoms with Gasteiger partial charge >= 0.3 is 5.97 Å². The van der Waals surface area contributed by atoms with Crippen molar-refractivity contribution in [2.45, 2.75) is 192 Å². The van der Waals surface area contributed by atoms with Crippen molar-refractivity contribution in [3.8, 4) is 5.75 Å². The van der Waals surface area contributed by atoms with Crippen LogP contribution in [0.1, 0.15) is 111 Å². The van der Waals surface area contributed by atoms with E-state index < -0.39 is 108 Å². The number of aliphatic hydroxyl groups excluding tert-OH is 3. The third-order valence-electron chi connectivity index (χ3n) is 15.3. The van der Waals surface area contributed by atoms with Crippen LogP contribution in [0, 0.1) is 23.7 Å². The fraction of sp³-hybridized carbons (Fsp3) is 0.780. The van der Waals surface area contributed by atoms with Crippen LogP contribution in [0.4, 0.5) is 0 Å². The quantitative estimate of drug-likeness (QED) is 0.148. The highest BCUT2D eigenvalue weighted by molar-refractivity contribution is 5.94. The molecule has 6 rings (SSSR count). The SMILES string of the molecule is CC[C@H]1OC(=O)[C@H](C)[C@@H](O[C@H]2C[C@@](C)(OC)[C@@H](O)[C@H](C)O2)[C@H](C)[C@@H](O[C@@H]2O[C@H](C)C[C@H](N(C)CCc3cn(CCOc4cccc(C(C)=O)c4)nn3)[C@H]2O)[C@@]2(C)C[C@@H](CO2)C(=O)[C@H](C)[C@@H](O)[C@]1(C)O. The number of hydrogen-bond acceptors (Lipinski definition) is 18. The Labute approximate surface area is 406 Å². The topological polar surface area (TPSA) is 240 Å². The molecule has 18 atom stereocenters. The summed E-state index contributed by atoms with van der Waals surface area (Å²) in [6.07, 6.45) is -6.95. The molecule has 4 aliphatic rings. The van der Waals surface area contributed by atoms with Crippen LogP contribution >= 0.6 is 0 Å². The molecule has 0 radical (unpaired) electrons. The number of cyclic esters (lactones) is 1. The molecule has 2 aromatic rings. The Morgan fingerprint density at radius 1 is 1.00 bits per heavy atom. The van der Waals surface area contributed by atoms with Crippen LogP contribution in [-0.4, -0.2) is 176 Å². The predicted molar refractivity (Wildman–Crippen MR) is 249 cm³/mol. The van der Waals surface area contributed by atoms with Gasteiger partial charge in [-0.15, -0.1) is 5.10 Å². The number of ketones is 2. The van der Waals surface area contributed by atoms with Gasteiger partial charge in [-0.2, -0.15) is 0 Å². The van der Waals surface area contributed by atoms with Crippen molar-refractivity contribution in [3.05, 3.63) is 41.7 Å². The van der Waals surface area contributed by atoms with E-state index in [1.54, 1.807) is 63.6 Å². The molecular formula is C50H78N4O15. The summed E-state index contributed by atoms with van der Waals surface area (Å²) < 4.78 is 52.4. The molecule has 4 aliphatic heterocycles. The average Bonchev–Trinajstić information content (AvgIpc) is 3.95. The Hall–Kier alpha value is -3.47. The lowest BCUT2D eigenvalue weighted by atomic mass is 9.75. The first-order valence-electron chi connectivity index (χ1n) is 24.6. The van der Waals surface area contributed by atoms with Gasteiger partial charge < -0.3 is 63.2 Å². The number of fused-ring (bicyclic) bond motifs is 2. The molecule has 19 heteroatoms. The summed E-state index contributed by atoms with van der Waals surface area (Å²) in [5.74, 6) is -4.04. The Morgan fingerprint density at radius 3 is 2.41 bits per heavy atom. The molecule has 4 saturated heterocycles. The van der Waals surface area contributed by atoms with Crippen LogP contribution in [0.2, 0.25) is 0 Å². The number of rotatable bonds is 15. The Bertz CT molecular complexity index is 2050. The van der Waals surface area contributed by atoms with Crippen LogP contribution < -0.4 is 4.74 Å². The fourth-order valence-electron chi connectivity index (χ4n) is 10.8. The molecule has 1 aromatic heterocycles. The van der Waals surface area contributed by atoms with Gasteiger partial charge in [-0.1, -0.05) is 38.1 Å².